The van der Waals surface area contributed by atoms with Gasteiger partial charge in [-0.2, -0.15) is 4.31 Å². The van der Waals surface area contributed by atoms with Crippen LogP contribution in [0.5, 0.6) is 5.75 Å². The van der Waals surface area contributed by atoms with Gasteiger partial charge < -0.3 is 9.64 Å². The standard InChI is InChI=1S/C18H28N2O4S/c1-6-24-16-11-15(5)17(12-14(16)4)25(22,23)20-9-7-19(8-10-20)18(21)13(2)3/h11-13H,6-10H2,1-5H3. The van der Waals surface area contributed by atoms with Gasteiger partial charge in [0.05, 0.1) is 11.5 Å². The van der Waals surface area contributed by atoms with E-state index in [4.69, 9.17) is 4.74 Å². The van der Waals surface area contributed by atoms with Crippen LogP contribution in [0.25, 0.3) is 0 Å². The molecule has 6 nitrogen and oxygen atoms in total. The third kappa shape index (κ3) is 4.15. The Labute approximate surface area is 150 Å². The Morgan fingerprint density at radius 3 is 2.24 bits per heavy atom. The van der Waals surface area contributed by atoms with Gasteiger partial charge in [0.2, 0.25) is 15.9 Å². The van der Waals surface area contributed by atoms with Crippen LogP contribution in [0.2, 0.25) is 0 Å². The van der Waals surface area contributed by atoms with Gasteiger partial charge in [-0.05, 0) is 44.0 Å². The molecule has 1 aliphatic rings. The van der Waals surface area contributed by atoms with E-state index in [1.54, 1.807) is 24.0 Å². The van der Waals surface area contributed by atoms with Crippen molar-refractivity contribution in [3.63, 3.8) is 0 Å². The number of hydrogen-bond donors (Lipinski definition) is 0. The van der Waals surface area contributed by atoms with E-state index in [0.29, 0.717) is 49.0 Å². The first-order valence-electron chi connectivity index (χ1n) is 8.71. The van der Waals surface area contributed by atoms with Crippen LogP contribution in [-0.4, -0.2) is 56.3 Å². The Morgan fingerprint density at radius 2 is 1.72 bits per heavy atom. The molecular weight excluding hydrogens is 340 g/mol. The first-order valence-corrected chi connectivity index (χ1v) is 10.2. The second-order valence-electron chi connectivity index (χ2n) is 6.70. The van der Waals surface area contributed by atoms with Gasteiger partial charge in [-0.25, -0.2) is 8.42 Å². The molecule has 140 valence electrons. The van der Waals surface area contributed by atoms with Crippen molar-refractivity contribution < 1.29 is 17.9 Å². The fraction of sp³-hybridized carbons (Fsp3) is 0.611. The highest BCUT2D eigenvalue weighted by atomic mass is 32.2. The molecule has 25 heavy (non-hydrogen) atoms. The SMILES string of the molecule is CCOc1cc(C)c(S(=O)(=O)N2CCN(C(=O)C(C)C)CC2)cc1C. The summed E-state index contributed by atoms with van der Waals surface area (Å²) in [6, 6.07) is 3.46. The number of nitrogens with zero attached hydrogens (tertiary/aromatic N) is 2. The molecule has 0 spiro atoms. The van der Waals surface area contributed by atoms with Crippen molar-refractivity contribution in [1.82, 2.24) is 9.21 Å². The minimum absolute atomic E-state index is 0.0702. The molecule has 1 aromatic carbocycles. The van der Waals surface area contributed by atoms with Gasteiger partial charge in [-0.1, -0.05) is 13.8 Å². The number of piperazine rings is 1. The van der Waals surface area contributed by atoms with Crippen molar-refractivity contribution in [3.8, 4) is 5.75 Å². The maximum absolute atomic E-state index is 13.0. The highest BCUT2D eigenvalue weighted by Crippen LogP contribution is 2.28. The Morgan fingerprint density at radius 1 is 1.12 bits per heavy atom. The van der Waals surface area contributed by atoms with E-state index in [2.05, 4.69) is 0 Å². The molecule has 0 radical (unpaired) electrons. The summed E-state index contributed by atoms with van der Waals surface area (Å²) in [5.74, 6) is 0.718. The van der Waals surface area contributed by atoms with Gasteiger partial charge in [0.1, 0.15) is 5.75 Å². The molecule has 7 heteroatoms. The molecule has 0 atom stereocenters. The lowest BCUT2D eigenvalue weighted by molar-refractivity contribution is -0.135. The van der Waals surface area contributed by atoms with Crippen LogP contribution < -0.4 is 4.74 Å². The van der Waals surface area contributed by atoms with Crippen molar-refractivity contribution >= 4 is 15.9 Å². The quantitative estimate of drug-likeness (QED) is 0.799. The summed E-state index contributed by atoms with van der Waals surface area (Å²) in [5, 5.41) is 0. The number of benzene rings is 1. The van der Waals surface area contributed by atoms with Crippen molar-refractivity contribution in [2.24, 2.45) is 5.92 Å². The maximum atomic E-state index is 13.0. The number of carbonyl (C=O) groups excluding carboxylic acids is 1. The fourth-order valence-corrected chi connectivity index (χ4v) is 4.72. The molecular formula is C18H28N2O4S. The lowest BCUT2D eigenvalue weighted by Gasteiger charge is -2.35. The molecule has 0 aliphatic carbocycles. The van der Waals surface area contributed by atoms with E-state index in [0.717, 1.165) is 5.56 Å². The molecule has 1 fully saturated rings. The van der Waals surface area contributed by atoms with Crippen LogP contribution in [0, 0.1) is 19.8 Å². The largest absolute Gasteiger partial charge is 0.494 e. The third-order valence-corrected chi connectivity index (χ3v) is 6.48. The molecule has 1 aliphatic heterocycles. The summed E-state index contributed by atoms with van der Waals surface area (Å²) >= 11 is 0. The van der Waals surface area contributed by atoms with Crippen molar-refractivity contribution in [2.75, 3.05) is 32.8 Å². The minimum Gasteiger partial charge on any atom is -0.494 e. The molecule has 1 aromatic rings. The minimum atomic E-state index is -3.58. The van der Waals surface area contributed by atoms with E-state index in [9.17, 15) is 13.2 Å². The monoisotopic (exact) mass is 368 g/mol. The number of sulfonamides is 1. The Balaban J connectivity index is 2.20. The molecule has 0 saturated carbocycles. The average Bonchev–Trinajstić information content (AvgIpc) is 2.57. The number of amides is 1. The smallest absolute Gasteiger partial charge is 0.243 e. The van der Waals surface area contributed by atoms with Gasteiger partial charge in [-0.3, -0.25) is 4.79 Å². The fourth-order valence-electron chi connectivity index (χ4n) is 3.01. The first kappa shape index (κ1) is 19.7. The van der Waals surface area contributed by atoms with Gasteiger partial charge in [0.15, 0.2) is 0 Å². The van der Waals surface area contributed by atoms with Crippen molar-refractivity contribution in [3.05, 3.63) is 23.3 Å². The zero-order valence-corrected chi connectivity index (χ0v) is 16.5. The van der Waals surface area contributed by atoms with Gasteiger partial charge in [-0.15, -0.1) is 0 Å². The lowest BCUT2D eigenvalue weighted by Crippen LogP contribution is -2.51. The Kier molecular flexibility index (Phi) is 6.11. The highest BCUT2D eigenvalue weighted by molar-refractivity contribution is 7.89. The van der Waals surface area contributed by atoms with Crippen LogP contribution in [0.3, 0.4) is 0 Å². The van der Waals surface area contributed by atoms with Crippen LogP contribution in [-0.2, 0) is 14.8 Å². The molecule has 0 aromatic heterocycles. The van der Waals surface area contributed by atoms with E-state index in [1.165, 1.54) is 4.31 Å². The Bertz CT molecular complexity index is 736. The normalized spacial score (nSPS) is 16.3. The predicted molar refractivity (Wildman–Crippen MR) is 97.3 cm³/mol. The maximum Gasteiger partial charge on any atom is 0.243 e. The van der Waals surface area contributed by atoms with E-state index in [1.807, 2.05) is 27.7 Å². The van der Waals surface area contributed by atoms with E-state index >= 15 is 0 Å². The van der Waals surface area contributed by atoms with Crippen LogP contribution in [0.4, 0.5) is 0 Å². The lowest BCUT2D eigenvalue weighted by atomic mass is 10.1. The van der Waals surface area contributed by atoms with E-state index < -0.39 is 10.0 Å². The second kappa shape index (κ2) is 7.74. The molecule has 1 heterocycles. The van der Waals surface area contributed by atoms with Crippen LogP contribution in [0.15, 0.2) is 17.0 Å². The number of rotatable bonds is 5. The molecule has 2 rings (SSSR count). The molecule has 0 bridgehead atoms. The van der Waals surface area contributed by atoms with Gasteiger partial charge in [0.25, 0.3) is 0 Å². The third-order valence-electron chi connectivity index (χ3n) is 4.43. The van der Waals surface area contributed by atoms with Crippen molar-refractivity contribution in [1.29, 1.82) is 0 Å². The molecule has 1 amide bonds. The highest BCUT2D eigenvalue weighted by Gasteiger charge is 2.32. The summed E-state index contributed by atoms with van der Waals surface area (Å²) < 4.78 is 33.1. The topological polar surface area (TPSA) is 66.9 Å². The van der Waals surface area contributed by atoms with Crippen LogP contribution >= 0.6 is 0 Å². The Hall–Kier alpha value is -1.60. The predicted octanol–water partition coefficient (Wildman–Crippen LogP) is 2.19. The van der Waals surface area contributed by atoms with Gasteiger partial charge >= 0.3 is 0 Å². The first-order chi connectivity index (χ1) is 11.7. The summed E-state index contributed by atoms with van der Waals surface area (Å²) in [5.41, 5.74) is 1.48. The second-order valence-corrected chi connectivity index (χ2v) is 8.61. The number of carbonyl (C=O) groups is 1. The zero-order chi connectivity index (χ0) is 18.8. The summed E-state index contributed by atoms with van der Waals surface area (Å²) in [7, 11) is -3.58. The number of ether oxygens (including phenoxy) is 1. The van der Waals surface area contributed by atoms with Crippen molar-refractivity contribution in [2.45, 2.75) is 39.5 Å². The number of aryl methyl sites for hydroxylation is 2. The average molecular weight is 368 g/mol. The summed E-state index contributed by atoms with van der Waals surface area (Å²) in [6.07, 6.45) is 0. The van der Waals surface area contributed by atoms with E-state index in [-0.39, 0.29) is 11.8 Å². The number of hydrogen-bond acceptors (Lipinski definition) is 4. The summed E-state index contributed by atoms with van der Waals surface area (Å²) in [6.45, 7) is 11.3. The zero-order valence-electron chi connectivity index (χ0n) is 15.7. The molecule has 1 saturated heterocycles. The van der Waals surface area contributed by atoms with Crippen LogP contribution in [0.1, 0.15) is 31.9 Å². The molecule has 0 N–H and O–H groups in total. The molecule has 0 unspecified atom stereocenters. The van der Waals surface area contributed by atoms with Gasteiger partial charge in [0, 0.05) is 32.1 Å². The summed E-state index contributed by atoms with van der Waals surface area (Å²) in [4.78, 5) is 14.1.